The predicted molar refractivity (Wildman–Crippen MR) is 114 cm³/mol. The molecule has 5 rings (SSSR count). The van der Waals surface area contributed by atoms with E-state index >= 15 is 0 Å². The van der Waals surface area contributed by atoms with Crippen LogP contribution < -0.4 is 5.32 Å². The highest BCUT2D eigenvalue weighted by atomic mass is 16.3. The van der Waals surface area contributed by atoms with Gasteiger partial charge in [0.25, 0.3) is 0 Å². The number of nitrogens with one attached hydrogen (secondary N) is 2. The van der Waals surface area contributed by atoms with Crippen molar-refractivity contribution in [2.24, 2.45) is 0 Å². The third kappa shape index (κ3) is 3.19. The maximum Gasteiger partial charge on any atom is 0.115 e. The van der Waals surface area contributed by atoms with Gasteiger partial charge in [0.2, 0.25) is 0 Å². The van der Waals surface area contributed by atoms with Crippen LogP contribution in [0.25, 0.3) is 22.0 Å². The molecular weight excluding hydrogens is 344 g/mol. The third-order valence-electron chi connectivity index (χ3n) is 5.80. The summed E-state index contributed by atoms with van der Waals surface area (Å²) in [5.41, 5.74) is 7.65. The summed E-state index contributed by atoms with van der Waals surface area (Å²) < 4.78 is 0. The van der Waals surface area contributed by atoms with Gasteiger partial charge in [-0.3, -0.25) is 0 Å². The molecule has 1 aromatic heterocycles. The third-order valence-corrected chi connectivity index (χ3v) is 5.80. The van der Waals surface area contributed by atoms with E-state index < -0.39 is 0 Å². The van der Waals surface area contributed by atoms with Crippen molar-refractivity contribution < 1.29 is 5.11 Å². The number of aryl methyl sites for hydroxylation is 1. The maximum absolute atomic E-state index is 9.55. The molecule has 0 unspecified atom stereocenters. The summed E-state index contributed by atoms with van der Waals surface area (Å²) in [5, 5.41) is 14.6. The van der Waals surface area contributed by atoms with Gasteiger partial charge >= 0.3 is 0 Å². The average molecular weight is 368 g/mol. The highest BCUT2D eigenvalue weighted by molar-refractivity contribution is 5.89. The molecule has 3 aromatic carbocycles. The number of hydrogen-bond donors (Lipinski definition) is 3. The van der Waals surface area contributed by atoms with Crippen LogP contribution in [0.2, 0.25) is 0 Å². The molecule has 3 heteroatoms. The number of benzene rings is 3. The normalized spacial score (nSPS) is 16.2. The molecular formula is C25H24N2O. The molecule has 0 saturated heterocycles. The zero-order valence-electron chi connectivity index (χ0n) is 15.8. The van der Waals surface area contributed by atoms with Crippen LogP contribution >= 0.6 is 0 Å². The topological polar surface area (TPSA) is 48.0 Å². The summed E-state index contributed by atoms with van der Waals surface area (Å²) in [7, 11) is 0. The van der Waals surface area contributed by atoms with Gasteiger partial charge in [0.05, 0.1) is 0 Å². The van der Waals surface area contributed by atoms with Crippen molar-refractivity contribution >= 4 is 10.9 Å². The highest BCUT2D eigenvalue weighted by Gasteiger charge is 2.24. The van der Waals surface area contributed by atoms with Crippen LogP contribution in [0.15, 0.2) is 72.8 Å². The molecule has 0 fully saturated rings. The fraction of sp³-hybridized carbons (Fsp3) is 0.200. The zero-order chi connectivity index (χ0) is 18.9. The first-order valence-electron chi connectivity index (χ1n) is 9.99. The lowest BCUT2D eigenvalue weighted by Crippen LogP contribution is -2.24. The van der Waals surface area contributed by atoms with Crippen molar-refractivity contribution in [1.82, 2.24) is 10.3 Å². The number of fused-ring (bicyclic) bond motifs is 3. The fourth-order valence-electron chi connectivity index (χ4n) is 4.34. The van der Waals surface area contributed by atoms with E-state index in [2.05, 4.69) is 58.8 Å². The first-order valence-corrected chi connectivity index (χ1v) is 9.99. The molecule has 3 N–H and O–H groups in total. The average Bonchev–Trinajstić information content (AvgIpc) is 3.12. The Labute approximate surface area is 165 Å². The number of H-pyrrole nitrogens is 1. The van der Waals surface area contributed by atoms with Crippen LogP contribution in [0.4, 0.5) is 0 Å². The molecule has 0 radical (unpaired) electrons. The lowest BCUT2D eigenvalue weighted by atomic mass is 9.91. The summed E-state index contributed by atoms with van der Waals surface area (Å²) in [6, 6.07) is 25.0. The second kappa shape index (κ2) is 7.17. The highest BCUT2D eigenvalue weighted by Crippen LogP contribution is 2.36. The Kier molecular flexibility index (Phi) is 4.38. The second-order valence-electron chi connectivity index (χ2n) is 7.64. The predicted octanol–water partition coefficient (Wildman–Crippen LogP) is 5.71. The van der Waals surface area contributed by atoms with Gasteiger partial charge in [-0.05, 0) is 65.8 Å². The van der Waals surface area contributed by atoms with Crippen molar-refractivity contribution in [3.63, 3.8) is 0 Å². The smallest absolute Gasteiger partial charge is 0.115 e. The quantitative estimate of drug-likeness (QED) is 0.432. The molecule has 1 atom stereocenters. The Morgan fingerprint density at radius 1 is 0.929 bits per heavy atom. The minimum Gasteiger partial charge on any atom is -0.508 e. The van der Waals surface area contributed by atoms with Crippen LogP contribution in [0.5, 0.6) is 5.75 Å². The van der Waals surface area contributed by atoms with Gasteiger partial charge in [0.1, 0.15) is 5.75 Å². The van der Waals surface area contributed by atoms with E-state index in [0.717, 1.165) is 24.9 Å². The van der Waals surface area contributed by atoms with Crippen molar-refractivity contribution in [1.29, 1.82) is 0 Å². The Balaban J connectivity index is 1.47. The number of aromatic nitrogens is 1. The van der Waals surface area contributed by atoms with Gasteiger partial charge in [-0.15, -0.1) is 0 Å². The second-order valence-corrected chi connectivity index (χ2v) is 7.64. The van der Waals surface area contributed by atoms with Crippen LogP contribution in [-0.4, -0.2) is 10.1 Å². The lowest BCUT2D eigenvalue weighted by molar-refractivity contribution is 0.452. The van der Waals surface area contributed by atoms with Crippen molar-refractivity contribution in [3.8, 4) is 16.9 Å². The summed E-state index contributed by atoms with van der Waals surface area (Å²) in [4.78, 5) is 3.69. The van der Waals surface area contributed by atoms with E-state index in [1.807, 2.05) is 12.1 Å². The number of phenols is 1. The Bertz CT molecular complexity index is 1100. The van der Waals surface area contributed by atoms with Gasteiger partial charge in [0, 0.05) is 29.2 Å². The minimum absolute atomic E-state index is 0.302. The first-order chi connectivity index (χ1) is 13.8. The molecule has 4 aromatic rings. The zero-order valence-corrected chi connectivity index (χ0v) is 15.8. The molecule has 0 bridgehead atoms. The first kappa shape index (κ1) is 17.1. The standard InChI is InChI=1S/C25H24N2O/c28-20-12-9-18(10-13-20)19-11-14-23-22(15-19)21-7-4-8-24(25(21)27-23)26-16-17-5-2-1-3-6-17/h1-3,5-6,9-15,24,26-28H,4,7-8,16H2/t24-/m1/s1. The van der Waals surface area contributed by atoms with Crippen molar-refractivity contribution in [2.75, 3.05) is 0 Å². The van der Waals surface area contributed by atoms with Gasteiger partial charge < -0.3 is 15.4 Å². The van der Waals surface area contributed by atoms with E-state index in [-0.39, 0.29) is 0 Å². The molecule has 3 nitrogen and oxygen atoms in total. The van der Waals surface area contributed by atoms with E-state index in [0.29, 0.717) is 11.8 Å². The number of aromatic amines is 1. The summed E-state index contributed by atoms with van der Waals surface area (Å²) in [6.45, 7) is 0.888. The molecule has 28 heavy (non-hydrogen) atoms. The van der Waals surface area contributed by atoms with E-state index in [1.165, 1.54) is 39.7 Å². The SMILES string of the molecule is Oc1ccc(-c2ccc3[nH]c4c(c3c2)CCC[C@H]4NCc2ccccc2)cc1. The monoisotopic (exact) mass is 368 g/mol. The molecule has 0 amide bonds. The number of aromatic hydroxyl groups is 1. The Hall–Kier alpha value is -3.04. The lowest BCUT2D eigenvalue weighted by Gasteiger charge is -2.24. The van der Waals surface area contributed by atoms with Gasteiger partial charge in [0.15, 0.2) is 0 Å². The number of hydrogen-bond acceptors (Lipinski definition) is 2. The van der Waals surface area contributed by atoms with Crippen LogP contribution in [0, 0.1) is 0 Å². The maximum atomic E-state index is 9.55. The van der Waals surface area contributed by atoms with Gasteiger partial charge in [-0.25, -0.2) is 0 Å². The molecule has 140 valence electrons. The van der Waals surface area contributed by atoms with Crippen LogP contribution in [0.3, 0.4) is 0 Å². The molecule has 0 saturated carbocycles. The van der Waals surface area contributed by atoms with Crippen LogP contribution in [-0.2, 0) is 13.0 Å². The fourth-order valence-corrected chi connectivity index (χ4v) is 4.34. The van der Waals surface area contributed by atoms with Crippen LogP contribution in [0.1, 0.15) is 35.7 Å². The van der Waals surface area contributed by atoms with E-state index in [4.69, 9.17) is 0 Å². The molecule has 0 aliphatic heterocycles. The molecule has 1 aliphatic rings. The van der Waals surface area contributed by atoms with Crippen molar-refractivity contribution in [2.45, 2.75) is 31.8 Å². The molecule has 0 spiro atoms. The van der Waals surface area contributed by atoms with Crippen molar-refractivity contribution in [3.05, 3.63) is 89.6 Å². The molecule has 1 heterocycles. The Morgan fingerprint density at radius 3 is 2.54 bits per heavy atom. The largest absolute Gasteiger partial charge is 0.508 e. The summed E-state index contributed by atoms with van der Waals surface area (Å²) >= 11 is 0. The van der Waals surface area contributed by atoms with E-state index in [9.17, 15) is 5.11 Å². The minimum atomic E-state index is 0.302. The number of phenolic OH excluding ortho intramolecular Hbond substituents is 1. The Morgan fingerprint density at radius 2 is 1.71 bits per heavy atom. The molecule has 1 aliphatic carbocycles. The van der Waals surface area contributed by atoms with E-state index in [1.54, 1.807) is 12.1 Å². The van der Waals surface area contributed by atoms with Gasteiger partial charge in [-0.2, -0.15) is 0 Å². The summed E-state index contributed by atoms with van der Waals surface area (Å²) in [5.74, 6) is 0.302. The van der Waals surface area contributed by atoms with Gasteiger partial charge in [-0.1, -0.05) is 48.5 Å². The summed E-state index contributed by atoms with van der Waals surface area (Å²) in [6.07, 6.45) is 3.49. The number of rotatable bonds is 4.